The van der Waals surface area contributed by atoms with Gasteiger partial charge in [-0.05, 0) is 37.1 Å². The van der Waals surface area contributed by atoms with Gasteiger partial charge in [0.1, 0.15) is 22.4 Å². The quantitative estimate of drug-likeness (QED) is 0.703. The fraction of sp³-hybridized carbons (Fsp3) is 0.375. The van der Waals surface area contributed by atoms with E-state index in [1.165, 1.54) is 0 Å². The molecule has 0 amide bonds. The molecule has 0 atom stereocenters. The highest BCUT2D eigenvalue weighted by molar-refractivity contribution is 7.14. The van der Waals surface area contributed by atoms with Gasteiger partial charge in [-0.15, -0.1) is 10.2 Å². The molecule has 2 rings (SSSR count). The molecule has 106 valence electrons. The molecule has 0 aliphatic heterocycles. The fourth-order valence-corrected chi connectivity index (χ4v) is 2.70. The van der Waals surface area contributed by atoms with Crippen molar-refractivity contribution in [3.8, 4) is 16.3 Å². The summed E-state index contributed by atoms with van der Waals surface area (Å²) < 4.78 is 5.62. The Morgan fingerprint density at radius 3 is 2.60 bits per heavy atom. The summed E-state index contributed by atoms with van der Waals surface area (Å²) in [5.74, 6) is 0.882. The number of rotatable bonds is 7. The molecule has 20 heavy (non-hydrogen) atoms. The summed E-state index contributed by atoms with van der Waals surface area (Å²) in [6, 6.07) is 8.04. The van der Waals surface area contributed by atoms with Crippen LogP contribution in [-0.2, 0) is 6.42 Å². The summed E-state index contributed by atoms with van der Waals surface area (Å²) in [4.78, 5) is 0. The van der Waals surface area contributed by atoms with Crippen LogP contribution in [-0.4, -0.2) is 16.8 Å². The first-order chi connectivity index (χ1) is 9.83. The summed E-state index contributed by atoms with van der Waals surface area (Å²) in [7, 11) is 0. The summed E-state index contributed by atoms with van der Waals surface area (Å²) in [6.07, 6.45) is 7.29. The molecule has 1 heterocycles. The molecule has 0 unspecified atom stereocenters. The van der Waals surface area contributed by atoms with Gasteiger partial charge in [-0.2, -0.15) is 0 Å². The van der Waals surface area contributed by atoms with Crippen LogP contribution in [0, 0.1) is 0 Å². The second-order valence-corrected chi connectivity index (χ2v) is 5.53. The minimum absolute atomic E-state index is 0.618. The number of aromatic nitrogens is 2. The molecule has 2 aromatic rings. The van der Waals surface area contributed by atoms with Gasteiger partial charge < -0.3 is 4.74 Å². The Hall–Kier alpha value is -1.68. The molecule has 0 aliphatic rings. The van der Waals surface area contributed by atoms with E-state index in [-0.39, 0.29) is 0 Å². The third kappa shape index (κ3) is 4.17. The molecule has 1 aromatic carbocycles. The zero-order valence-electron chi connectivity index (χ0n) is 12.0. The van der Waals surface area contributed by atoms with Crippen molar-refractivity contribution in [2.75, 3.05) is 6.61 Å². The van der Waals surface area contributed by atoms with Crippen molar-refractivity contribution in [3.05, 3.63) is 41.4 Å². The van der Waals surface area contributed by atoms with Gasteiger partial charge in [-0.3, -0.25) is 0 Å². The van der Waals surface area contributed by atoms with Crippen molar-refractivity contribution in [3.63, 3.8) is 0 Å². The third-order valence-electron chi connectivity index (χ3n) is 2.78. The molecular weight excluding hydrogens is 268 g/mol. The predicted molar refractivity (Wildman–Crippen MR) is 84.3 cm³/mol. The number of allylic oxidation sites excluding steroid dienone is 1. The predicted octanol–water partition coefficient (Wildman–Crippen LogP) is 4.50. The topological polar surface area (TPSA) is 35.0 Å². The smallest absolute Gasteiger partial charge is 0.147 e. The molecule has 0 saturated heterocycles. The average Bonchev–Trinajstić information content (AvgIpc) is 2.93. The Labute approximate surface area is 124 Å². The lowest BCUT2D eigenvalue weighted by molar-refractivity contribution is 0.362. The Morgan fingerprint density at radius 2 is 1.90 bits per heavy atom. The van der Waals surface area contributed by atoms with Crippen molar-refractivity contribution >= 4 is 11.3 Å². The number of benzene rings is 1. The van der Waals surface area contributed by atoms with E-state index < -0.39 is 0 Å². The van der Waals surface area contributed by atoms with Crippen LogP contribution in [0.15, 0.2) is 36.4 Å². The van der Waals surface area contributed by atoms with E-state index in [2.05, 4.69) is 30.1 Å². The normalized spacial score (nSPS) is 11.1. The first-order valence-corrected chi connectivity index (χ1v) is 7.85. The molecule has 0 spiro atoms. The van der Waals surface area contributed by atoms with Gasteiger partial charge >= 0.3 is 0 Å². The van der Waals surface area contributed by atoms with E-state index in [4.69, 9.17) is 4.74 Å². The first kappa shape index (κ1) is 14.7. The first-order valence-electron chi connectivity index (χ1n) is 7.04. The van der Waals surface area contributed by atoms with Crippen LogP contribution >= 0.6 is 11.3 Å². The van der Waals surface area contributed by atoms with E-state index in [9.17, 15) is 0 Å². The highest BCUT2D eigenvalue weighted by atomic mass is 32.1. The molecule has 1 aromatic heterocycles. The van der Waals surface area contributed by atoms with Crippen LogP contribution in [0.25, 0.3) is 10.6 Å². The van der Waals surface area contributed by atoms with Crippen LogP contribution in [0.1, 0.15) is 31.7 Å². The Balaban J connectivity index is 1.98. The number of aryl methyl sites for hydroxylation is 1. The van der Waals surface area contributed by atoms with E-state index >= 15 is 0 Å². The number of ether oxygens (including phenoxy) is 1. The molecule has 3 nitrogen and oxygen atoms in total. The maximum absolute atomic E-state index is 5.62. The fourth-order valence-electron chi connectivity index (χ4n) is 1.76. The van der Waals surface area contributed by atoms with Crippen LogP contribution < -0.4 is 4.74 Å². The van der Waals surface area contributed by atoms with Crippen molar-refractivity contribution in [2.24, 2.45) is 0 Å². The zero-order valence-corrected chi connectivity index (χ0v) is 12.8. The highest BCUT2D eigenvalue weighted by Crippen LogP contribution is 2.26. The Morgan fingerprint density at radius 1 is 1.10 bits per heavy atom. The molecule has 0 bridgehead atoms. The van der Waals surface area contributed by atoms with E-state index in [0.29, 0.717) is 6.61 Å². The molecule has 0 radical (unpaired) electrons. The third-order valence-corrected chi connectivity index (χ3v) is 3.81. The minimum atomic E-state index is 0.618. The molecular formula is C16H20N2OS. The lowest BCUT2D eigenvalue weighted by atomic mass is 10.2. The second-order valence-electron chi connectivity index (χ2n) is 4.47. The minimum Gasteiger partial charge on any atom is -0.490 e. The number of hydrogen-bond donors (Lipinski definition) is 0. The van der Waals surface area contributed by atoms with Gasteiger partial charge in [0.05, 0.1) is 0 Å². The number of nitrogens with zero attached hydrogens (tertiary/aromatic N) is 2. The standard InChI is InChI=1S/C16H20N2OS/c1-3-5-6-12-19-14-10-8-13(9-11-14)16-18-17-15(20-16)7-4-2/h5-6,8-11H,3-4,7,12H2,1-2H3/b6-5+. The van der Waals surface area contributed by atoms with Gasteiger partial charge in [-0.1, -0.05) is 37.3 Å². The van der Waals surface area contributed by atoms with E-state index in [0.717, 1.165) is 40.6 Å². The summed E-state index contributed by atoms with van der Waals surface area (Å²) in [6.45, 7) is 4.88. The summed E-state index contributed by atoms with van der Waals surface area (Å²) >= 11 is 1.67. The van der Waals surface area contributed by atoms with Gasteiger partial charge in [-0.25, -0.2) is 0 Å². The molecule has 0 saturated carbocycles. The van der Waals surface area contributed by atoms with Gasteiger partial charge in [0.15, 0.2) is 0 Å². The van der Waals surface area contributed by atoms with Crippen LogP contribution in [0.5, 0.6) is 5.75 Å². The van der Waals surface area contributed by atoms with Crippen LogP contribution in [0.2, 0.25) is 0 Å². The van der Waals surface area contributed by atoms with Crippen molar-refractivity contribution < 1.29 is 4.74 Å². The largest absolute Gasteiger partial charge is 0.490 e. The summed E-state index contributed by atoms with van der Waals surface area (Å²) in [5, 5.41) is 10.5. The molecule has 0 fully saturated rings. The van der Waals surface area contributed by atoms with Gasteiger partial charge in [0.2, 0.25) is 0 Å². The van der Waals surface area contributed by atoms with E-state index in [1.54, 1.807) is 11.3 Å². The van der Waals surface area contributed by atoms with Crippen LogP contribution in [0.4, 0.5) is 0 Å². The lowest BCUT2D eigenvalue weighted by Crippen LogP contribution is -1.92. The molecule has 0 N–H and O–H groups in total. The maximum atomic E-state index is 5.62. The van der Waals surface area contributed by atoms with E-state index in [1.807, 2.05) is 30.3 Å². The van der Waals surface area contributed by atoms with Crippen molar-refractivity contribution in [1.29, 1.82) is 0 Å². The summed E-state index contributed by atoms with van der Waals surface area (Å²) in [5.41, 5.74) is 1.10. The number of hydrogen-bond acceptors (Lipinski definition) is 4. The maximum Gasteiger partial charge on any atom is 0.147 e. The van der Waals surface area contributed by atoms with Crippen LogP contribution in [0.3, 0.4) is 0 Å². The Kier molecular flexibility index (Phi) is 5.74. The average molecular weight is 288 g/mol. The highest BCUT2D eigenvalue weighted by Gasteiger charge is 2.06. The van der Waals surface area contributed by atoms with Gasteiger partial charge in [0, 0.05) is 12.0 Å². The zero-order chi connectivity index (χ0) is 14.2. The monoisotopic (exact) mass is 288 g/mol. The molecule has 4 heteroatoms. The SMILES string of the molecule is CC/C=C/COc1ccc(-c2nnc(CCC)s2)cc1. The van der Waals surface area contributed by atoms with Crippen molar-refractivity contribution in [2.45, 2.75) is 33.1 Å². The second kappa shape index (κ2) is 7.80. The van der Waals surface area contributed by atoms with Crippen molar-refractivity contribution in [1.82, 2.24) is 10.2 Å². The molecule has 0 aliphatic carbocycles. The van der Waals surface area contributed by atoms with Gasteiger partial charge in [0.25, 0.3) is 0 Å². The Bertz CT molecular complexity index is 546. The lowest BCUT2D eigenvalue weighted by Gasteiger charge is -2.03.